The van der Waals surface area contributed by atoms with Crippen molar-refractivity contribution in [1.82, 2.24) is 0 Å². The minimum atomic E-state index is -0.0541. The first-order valence-corrected chi connectivity index (χ1v) is 14.2. The third-order valence-electron chi connectivity index (χ3n) is 9.23. The van der Waals surface area contributed by atoms with Crippen molar-refractivity contribution in [2.24, 2.45) is 0 Å². The molecule has 0 bridgehead atoms. The van der Waals surface area contributed by atoms with Crippen LogP contribution >= 0.6 is 0 Å². The van der Waals surface area contributed by atoms with E-state index in [0.29, 0.717) is 11.8 Å². The van der Waals surface area contributed by atoms with Crippen molar-refractivity contribution in [3.8, 4) is 24.0 Å². The molecule has 4 heteroatoms. The van der Waals surface area contributed by atoms with Gasteiger partial charge in [0.05, 0.1) is 0 Å². The molecule has 188 valence electrons. The van der Waals surface area contributed by atoms with Crippen LogP contribution in [0.5, 0.6) is 11.5 Å². The summed E-state index contributed by atoms with van der Waals surface area (Å²) in [5, 5.41) is 18.6. The standard InChI is InChI=1S/C32H38N2O2/c33-22-35-30-16-14-26(20-28(30)24-10-4-1-5-11-24)32(18-8-3-9-19-32)27-15-17-31(36-23-34)29(21-27)25-12-6-2-7-13-25/h14-17,20-21,24-25H,1-13,18-19H2. The van der Waals surface area contributed by atoms with E-state index in [1.807, 2.05) is 24.6 Å². The number of nitriles is 2. The first kappa shape index (κ1) is 24.7. The van der Waals surface area contributed by atoms with Crippen LogP contribution in [0, 0.1) is 23.0 Å². The molecule has 3 saturated carbocycles. The fourth-order valence-electron chi connectivity index (χ4n) is 7.34. The molecule has 3 fully saturated rings. The second-order valence-electron chi connectivity index (χ2n) is 11.2. The predicted octanol–water partition coefficient (Wildman–Crippen LogP) is 8.75. The lowest BCUT2D eigenvalue weighted by Crippen LogP contribution is -2.31. The average Bonchev–Trinajstić information content (AvgIpc) is 2.95. The monoisotopic (exact) mass is 482 g/mol. The summed E-state index contributed by atoms with van der Waals surface area (Å²) in [5.41, 5.74) is 5.10. The van der Waals surface area contributed by atoms with Crippen LogP contribution in [0.4, 0.5) is 0 Å². The third-order valence-corrected chi connectivity index (χ3v) is 9.23. The third kappa shape index (κ3) is 4.97. The fraction of sp³-hybridized carbons (Fsp3) is 0.562. The van der Waals surface area contributed by atoms with Crippen LogP contribution in [0.25, 0.3) is 0 Å². The molecule has 3 aliphatic rings. The Hall–Kier alpha value is -2.98. The maximum atomic E-state index is 9.31. The topological polar surface area (TPSA) is 66.0 Å². The van der Waals surface area contributed by atoms with Gasteiger partial charge in [0.25, 0.3) is 12.5 Å². The summed E-state index contributed by atoms with van der Waals surface area (Å²) < 4.78 is 10.9. The summed E-state index contributed by atoms with van der Waals surface area (Å²) in [7, 11) is 0. The molecule has 0 atom stereocenters. The van der Waals surface area contributed by atoms with Gasteiger partial charge in [0.1, 0.15) is 11.5 Å². The van der Waals surface area contributed by atoms with E-state index >= 15 is 0 Å². The van der Waals surface area contributed by atoms with Gasteiger partial charge in [-0.1, -0.05) is 82.1 Å². The molecule has 5 rings (SSSR count). The zero-order valence-electron chi connectivity index (χ0n) is 21.4. The van der Waals surface area contributed by atoms with E-state index in [1.165, 1.54) is 106 Å². The molecule has 0 unspecified atom stereocenters. The van der Waals surface area contributed by atoms with Crippen LogP contribution in [0.15, 0.2) is 36.4 Å². The zero-order chi connectivity index (χ0) is 24.8. The van der Waals surface area contributed by atoms with Crippen molar-refractivity contribution in [1.29, 1.82) is 10.5 Å². The highest BCUT2D eigenvalue weighted by atomic mass is 16.5. The molecule has 0 radical (unpaired) electrons. The summed E-state index contributed by atoms with van der Waals surface area (Å²) in [5.74, 6) is 2.40. The first-order valence-electron chi connectivity index (χ1n) is 14.2. The van der Waals surface area contributed by atoms with Crippen LogP contribution in [-0.4, -0.2) is 0 Å². The fourth-order valence-corrected chi connectivity index (χ4v) is 7.34. The zero-order valence-corrected chi connectivity index (χ0v) is 21.4. The summed E-state index contributed by atoms with van der Waals surface area (Å²) in [4.78, 5) is 0. The largest absolute Gasteiger partial charge is 0.388 e. The lowest BCUT2D eigenvalue weighted by molar-refractivity contribution is 0.343. The number of hydrogen-bond acceptors (Lipinski definition) is 4. The van der Waals surface area contributed by atoms with E-state index < -0.39 is 0 Å². The van der Waals surface area contributed by atoms with Gasteiger partial charge < -0.3 is 9.47 Å². The smallest absolute Gasteiger partial charge is 0.292 e. The lowest BCUT2D eigenvalue weighted by atomic mass is 9.64. The van der Waals surface area contributed by atoms with Gasteiger partial charge in [0, 0.05) is 5.41 Å². The van der Waals surface area contributed by atoms with Crippen LogP contribution in [0.2, 0.25) is 0 Å². The summed E-state index contributed by atoms with van der Waals surface area (Å²) in [6.07, 6.45) is 22.1. The van der Waals surface area contributed by atoms with Gasteiger partial charge in [-0.15, -0.1) is 10.5 Å². The van der Waals surface area contributed by atoms with Gasteiger partial charge in [0.2, 0.25) is 0 Å². The number of nitrogens with zero attached hydrogens (tertiary/aromatic N) is 2. The summed E-state index contributed by atoms with van der Waals surface area (Å²) in [6.45, 7) is 0. The molecule has 0 spiro atoms. The van der Waals surface area contributed by atoms with E-state index in [0.717, 1.165) is 24.3 Å². The van der Waals surface area contributed by atoms with E-state index in [-0.39, 0.29) is 5.41 Å². The Morgan fingerprint density at radius 3 is 1.42 bits per heavy atom. The van der Waals surface area contributed by atoms with E-state index in [1.54, 1.807) is 0 Å². The molecule has 0 heterocycles. The summed E-state index contributed by atoms with van der Waals surface area (Å²) in [6, 6.07) is 13.3. The molecule has 0 amide bonds. The highest BCUT2D eigenvalue weighted by Crippen LogP contribution is 2.49. The van der Waals surface area contributed by atoms with Crippen molar-refractivity contribution in [3.05, 3.63) is 58.7 Å². The van der Waals surface area contributed by atoms with Gasteiger partial charge in [-0.2, -0.15) is 0 Å². The van der Waals surface area contributed by atoms with Crippen LogP contribution in [0.3, 0.4) is 0 Å². The van der Waals surface area contributed by atoms with Crippen molar-refractivity contribution in [3.63, 3.8) is 0 Å². The summed E-state index contributed by atoms with van der Waals surface area (Å²) >= 11 is 0. The van der Waals surface area contributed by atoms with E-state index in [9.17, 15) is 10.5 Å². The molecule has 0 aromatic heterocycles. The van der Waals surface area contributed by atoms with Crippen molar-refractivity contribution < 1.29 is 9.47 Å². The van der Waals surface area contributed by atoms with Crippen molar-refractivity contribution in [2.75, 3.05) is 0 Å². The molecule has 0 saturated heterocycles. The maximum absolute atomic E-state index is 9.31. The molecule has 2 aromatic carbocycles. The van der Waals surface area contributed by atoms with Crippen LogP contribution in [0.1, 0.15) is 130 Å². The first-order chi connectivity index (χ1) is 17.7. The SMILES string of the molecule is N#COc1ccc(C2(c3ccc(OC#N)c(C4CCCCC4)c3)CCCCC2)cc1C1CCCCC1. The van der Waals surface area contributed by atoms with Crippen molar-refractivity contribution >= 4 is 0 Å². The highest BCUT2D eigenvalue weighted by Gasteiger charge is 2.38. The van der Waals surface area contributed by atoms with Gasteiger partial charge in [0.15, 0.2) is 0 Å². The molecule has 36 heavy (non-hydrogen) atoms. The van der Waals surface area contributed by atoms with Crippen LogP contribution < -0.4 is 9.47 Å². The molecule has 0 aliphatic heterocycles. The second kappa shape index (κ2) is 11.4. The Balaban J connectivity index is 1.60. The Morgan fingerprint density at radius 2 is 1.00 bits per heavy atom. The molecule has 2 aromatic rings. The molecular weight excluding hydrogens is 444 g/mol. The number of ether oxygens (including phenoxy) is 2. The van der Waals surface area contributed by atoms with Gasteiger partial charge in [-0.05, 0) is 84.7 Å². The lowest BCUT2D eigenvalue weighted by Gasteiger charge is -2.40. The quantitative estimate of drug-likeness (QED) is 0.386. The van der Waals surface area contributed by atoms with E-state index in [2.05, 4.69) is 24.3 Å². The molecular formula is C32H38N2O2. The Kier molecular flexibility index (Phi) is 7.81. The van der Waals surface area contributed by atoms with Gasteiger partial charge in [-0.3, -0.25) is 0 Å². The number of benzene rings is 2. The minimum absolute atomic E-state index is 0.0541. The predicted molar refractivity (Wildman–Crippen MR) is 141 cm³/mol. The van der Waals surface area contributed by atoms with Crippen molar-refractivity contribution in [2.45, 2.75) is 114 Å². The van der Waals surface area contributed by atoms with Gasteiger partial charge >= 0.3 is 0 Å². The number of rotatable bonds is 6. The number of hydrogen-bond donors (Lipinski definition) is 0. The second-order valence-corrected chi connectivity index (χ2v) is 11.2. The minimum Gasteiger partial charge on any atom is -0.388 e. The van der Waals surface area contributed by atoms with Crippen LogP contribution in [-0.2, 0) is 5.41 Å². The highest BCUT2D eigenvalue weighted by molar-refractivity contribution is 5.51. The van der Waals surface area contributed by atoms with E-state index in [4.69, 9.17) is 9.47 Å². The average molecular weight is 483 g/mol. The molecule has 4 nitrogen and oxygen atoms in total. The normalized spacial score (nSPS) is 20.7. The molecule has 0 N–H and O–H groups in total. The molecule has 3 aliphatic carbocycles. The Labute approximate surface area is 216 Å². The Bertz CT molecular complexity index is 1040. The Morgan fingerprint density at radius 1 is 0.583 bits per heavy atom. The maximum Gasteiger partial charge on any atom is 0.292 e. The van der Waals surface area contributed by atoms with Gasteiger partial charge in [-0.25, -0.2) is 0 Å².